The number of amides is 1. The summed E-state index contributed by atoms with van der Waals surface area (Å²) in [6.45, 7) is 5.58. The van der Waals surface area contributed by atoms with Crippen LogP contribution in [0.15, 0.2) is 16.7 Å². The Morgan fingerprint density at radius 2 is 2.10 bits per heavy atom. The van der Waals surface area contributed by atoms with Gasteiger partial charge >= 0.3 is 5.97 Å². The monoisotopic (exact) mass is 290 g/mol. The zero-order valence-electron chi connectivity index (χ0n) is 12.3. The maximum absolute atomic E-state index is 11.9. The van der Waals surface area contributed by atoms with Crippen molar-refractivity contribution in [2.24, 2.45) is 0 Å². The van der Waals surface area contributed by atoms with Crippen LogP contribution in [-0.4, -0.2) is 28.2 Å². The van der Waals surface area contributed by atoms with Crippen LogP contribution in [0.5, 0.6) is 0 Å². The molecule has 0 aliphatic carbocycles. The first-order valence-corrected chi connectivity index (χ1v) is 6.80. The summed E-state index contributed by atoms with van der Waals surface area (Å²) in [4.78, 5) is 22.9. The molecule has 0 radical (unpaired) electrons. The fourth-order valence-electron chi connectivity index (χ4n) is 2.30. The minimum absolute atomic E-state index is 0.000324. The maximum atomic E-state index is 11.9. The fraction of sp³-hybridized carbons (Fsp3) is 0.400. The zero-order valence-corrected chi connectivity index (χ0v) is 12.3. The molecular weight excluding hydrogens is 272 g/mol. The predicted molar refractivity (Wildman–Crippen MR) is 77.0 cm³/mol. The minimum Gasteiger partial charge on any atom is -0.480 e. The van der Waals surface area contributed by atoms with E-state index in [4.69, 9.17) is 9.63 Å². The van der Waals surface area contributed by atoms with E-state index in [0.29, 0.717) is 17.7 Å². The van der Waals surface area contributed by atoms with Crippen molar-refractivity contribution in [1.82, 2.24) is 10.5 Å². The summed E-state index contributed by atoms with van der Waals surface area (Å²) >= 11 is 0. The van der Waals surface area contributed by atoms with E-state index < -0.39 is 12.0 Å². The number of benzene rings is 1. The lowest BCUT2D eigenvalue weighted by atomic mass is 10.1. The molecule has 1 aromatic carbocycles. The number of aliphatic carboxylic acids is 1. The van der Waals surface area contributed by atoms with E-state index >= 15 is 0 Å². The average molecular weight is 290 g/mol. The summed E-state index contributed by atoms with van der Waals surface area (Å²) in [6, 6.07) is 3.02. The van der Waals surface area contributed by atoms with E-state index in [-0.39, 0.29) is 12.3 Å². The van der Waals surface area contributed by atoms with Crippen LogP contribution >= 0.6 is 0 Å². The molecule has 0 fully saturated rings. The molecule has 2 N–H and O–H groups in total. The Kier molecular flexibility index (Phi) is 4.26. The normalized spacial score (nSPS) is 12.3. The minimum atomic E-state index is -1.04. The van der Waals surface area contributed by atoms with Crippen molar-refractivity contribution in [3.8, 4) is 0 Å². The van der Waals surface area contributed by atoms with E-state index in [0.717, 1.165) is 16.5 Å². The van der Waals surface area contributed by atoms with E-state index in [9.17, 15) is 9.59 Å². The summed E-state index contributed by atoms with van der Waals surface area (Å²) in [5.74, 6) is -1.42. The van der Waals surface area contributed by atoms with E-state index in [1.54, 1.807) is 6.92 Å². The van der Waals surface area contributed by atoms with Crippen LogP contribution in [-0.2, 0) is 16.0 Å². The Labute approximate surface area is 122 Å². The van der Waals surface area contributed by atoms with Crippen molar-refractivity contribution in [2.75, 3.05) is 0 Å². The van der Waals surface area contributed by atoms with Gasteiger partial charge < -0.3 is 14.9 Å². The summed E-state index contributed by atoms with van der Waals surface area (Å²) in [7, 11) is 0. The van der Waals surface area contributed by atoms with E-state index in [1.165, 1.54) is 0 Å². The average Bonchev–Trinajstić information content (AvgIpc) is 2.79. The molecule has 6 heteroatoms. The van der Waals surface area contributed by atoms with Crippen LogP contribution < -0.4 is 5.32 Å². The molecule has 21 heavy (non-hydrogen) atoms. The van der Waals surface area contributed by atoms with Gasteiger partial charge in [0.05, 0.1) is 6.42 Å². The molecule has 6 nitrogen and oxygen atoms in total. The molecule has 1 atom stereocenters. The molecule has 0 aliphatic heterocycles. The van der Waals surface area contributed by atoms with Gasteiger partial charge in [0.25, 0.3) is 0 Å². The molecule has 0 aliphatic rings. The van der Waals surface area contributed by atoms with Gasteiger partial charge in [-0.15, -0.1) is 0 Å². The van der Waals surface area contributed by atoms with Crippen molar-refractivity contribution in [2.45, 2.75) is 39.7 Å². The van der Waals surface area contributed by atoms with Crippen LogP contribution in [0.25, 0.3) is 11.0 Å². The Bertz CT molecular complexity index is 690. The first-order chi connectivity index (χ1) is 9.92. The molecule has 112 valence electrons. The second-order valence-corrected chi connectivity index (χ2v) is 5.13. The number of aryl methyl sites for hydroxylation is 2. The summed E-state index contributed by atoms with van der Waals surface area (Å²) in [5, 5.41) is 16.2. The second kappa shape index (κ2) is 5.95. The van der Waals surface area contributed by atoms with Gasteiger partial charge in [-0.2, -0.15) is 0 Å². The number of hydrogen-bond acceptors (Lipinski definition) is 4. The smallest absolute Gasteiger partial charge is 0.326 e. The number of hydrogen-bond donors (Lipinski definition) is 2. The number of fused-ring (bicyclic) bond motifs is 1. The summed E-state index contributed by atoms with van der Waals surface area (Å²) in [5.41, 5.74) is 3.20. The van der Waals surface area contributed by atoms with E-state index in [1.807, 2.05) is 26.0 Å². The Morgan fingerprint density at radius 1 is 1.38 bits per heavy atom. The lowest BCUT2D eigenvalue weighted by molar-refractivity contribution is -0.141. The molecule has 1 aromatic heterocycles. The van der Waals surface area contributed by atoms with E-state index in [2.05, 4.69) is 10.5 Å². The highest BCUT2D eigenvalue weighted by atomic mass is 16.5. The molecule has 2 rings (SSSR count). The first kappa shape index (κ1) is 15.0. The lowest BCUT2D eigenvalue weighted by Crippen LogP contribution is -2.41. The van der Waals surface area contributed by atoms with Gasteiger partial charge in [0, 0.05) is 5.39 Å². The third kappa shape index (κ3) is 3.21. The van der Waals surface area contributed by atoms with Gasteiger partial charge in [-0.3, -0.25) is 4.79 Å². The molecule has 0 bridgehead atoms. The van der Waals surface area contributed by atoms with Gasteiger partial charge in [0.15, 0.2) is 5.58 Å². The molecule has 2 aromatic rings. The third-order valence-corrected chi connectivity index (χ3v) is 3.35. The molecule has 0 saturated carbocycles. The number of carboxylic acids is 1. The Balaban J connectivity index is 2.20. The van der Waals surface area contributed by atoms with Gasteiger partial charge in [0.2, 0.25) is 5.91 Å². The van der Waals surface area contributed by atoms with Crippen molar-refractivity contribution in [3.63, 3.8) is 0 Å². The maximum Gasteiger partial charge on any atom is 0.326 e. The Hall–Kier alpha value is -2.37. The number of nitrogens with zero attached hydrogens (tertiary/aromatic N) is 1. The van der Waals surface area contributed by atoms with Crippen LogP contribution in [0.4, 0.5) is 0 Å². The quantitative estimate of drug-likeness (QED) is 0.878. The van der Waals surface area contributed by atoms with Gasteiger partial charge in [0.1, 0.15) is 11.7 Å². The van der Waals surface area contributed by atoms with Gasteiger partial charge in [-0.05, 0) is 37.5 Å². The molecule has 0 saturated heterocycles. The number of carbonyl (C=O) groups is 2. The number of carboxylic acid groups (broad SMARTS) is 1. The van der Waals surface area contributed by atoms with Crippen LogP contribution in [0.1, 0.15) is 30.2 Å². The van der Waals surface area contributed by atoms with Crippen molar-refractivity contribution in [1.29, 1.82) is 0 Å². The number of nitrogens with one attached hydrogen (secondary N) is 1. The highest BCUT2D eigenvalue weighted by molar-refractivity contribution is 5.89. The topological polar surface area (TPSA) is 92.4 Å². The highest BCUT2D eigenvalue weighted by Gasteiger charge is 2.20. The second-order valence-electron chi connectivity index (χ2n) is 5.13. The number of aromatic nitrogens is 1. The van der Waals surface area contributed by atoms with Crippen molar-refractivity contribution >= 4 is 22.8 Å². The van der Waals surface area contributed by atoms with Crippen molar-refractivity contribution < 1.29 is 19.2 Å². The molecule has 1 unspecified atom stereocenters. The molecule has 1 heterocycles. The number of rotatable bonds is 5. The van der Waals surface area contributed by atoms with Crippen LogP contribution in [0.3, 0.4) is 0 Å². The highest BCUT2D eigenvalue weighted by Crippen LogP contribution is 2.24. The van der Waals surface area contributed by atoms with Gasteiger partial charge in [-0.1, -0.05) is 18.1 Å². The molecular formula is C15H18N2O4. The standard InChI is InChI=1S/C15H18N2O4/c1-4-11(15(19)20)16-13(18)7-12-10-6-8(2)5-9(3)14(10)21-17-12/h5-6,11H,4,7H2,1-3H3,(H,16,18)(H,19,20). The summed E-state index contributed by atoms with van der Waals surface area (Å²) < 4.78 is 5.27. The van der Waals surface area contributed by atoms with Crippen LogP contribution in [0.2, 0.25) is 0 Å². The summed E-state index contributed by atoms with van der Waals surface area (Å²) in [6.07, 6.45) is 0.332. The zero-order chi connectivity index (χ0) is 15.6. The van der Waals surface area contributed by atoms with Gasteiger partial charge in [-0.25, -0.2) is 4.79 Å². The lowest BCUT2D eigenvalue weighted by Gasteiger charge is -2.11. The fourth-order valence-corrected chi connectivity index (χ4v) is 2.30. The SMILES string of the molecule is CCC(NC(=O)Cc1noc2c(C)cc(C)cc12)C(=O)O. The third-order valence-electron chi connectivity index (χ3n) is 3.35. The largest absolute Gasteiger partial charge is 0.480 e. The van der Waals surface area contributed by atoms with Crippen molar-refractivity contribution in [3.05, 3.63) is 29.0 Å². The first-order valence-electron chi connectivity index (χ1n) is 6.80. The Morgan fingerprint density at radius 3 is 2.71 bits per heavy atom. The predicted octanol–water partition coefficient (Wildman–Crippen LogP) is 1.97. The van der Waals surface area contributed by atoms with Crippen LogP contribution in [0, 0.1) is 13.8 Å². The number of carbonyl (C=O) groups excluding carboxylic acids is 1. The molecule has 0 spiro atoms. The molecule has 1 amide bonds.